The van der Waals surface area contributed by atoms with Crippen molar-refractivity contribution in [2.45, 2.75) is 32.9 Å². The second-order valence-corrected chi connectivity index (χ2v) is 7.18. The molecule has 0 unspecified atom stereocenters. The minimum absolute atomic E-state index is 0.0236. The van der Waals surface area contributed by atoms with Crippen LogP contribution in [0.4, 0.5) is 4.79 Å². The molecule has 0 atom stereocenters. The average molecular weight is 377 g/mol. The summed E-state index contributed by atoms with van der Waals surface area (Å²) in [7, 11) is 5.13. The molecule has 1 rings (SSSR count). The number of nitrogens with zero attached hydrogens (tertiary/aromatic N) is 2. The average Bonchev–Trinajstić information content (AvgIpc) is 2.59. The Morgan fingerprint density at radius 2 is 1.63 bits per heavy atom. The first-order valence-corrected chi connectivity index (χ1v) is 8.84. The van der Waals surface area contributed by atoms with E-state index in [1.807, 2.05) is 32.9 Å². The molecule has 150 valence electrons. The maximum absolute atomic E-state index is 11.9. The normalized spacial score (nSPS) is 11.6. The van der Waals surface area contributed by atoms with Crippen LogP contribution >= 0.6 is 0 Å². The van der Waals surface area contributed by atoms with Crippen LogP contribution in [0.1, 0.15) is 36.7 Å². The monoisotopic (exact) mass is 377 g/mol. The van der Waals surface area contributed by atoms with E-state index < -0.39 is 11.7 Å². The highest BCUT2D eigenvalue weighted by atomic mass is 16.6. The first-order chi connectivity index (χ1) is 12.6. The molecule has 0 spiro atoms. The Morgan fingerprint density at radius 3 is 2.15 bits per heavy atom. The van der Waals surface area contributed by atoms with Crippen LogP contribution in [-0.4, -0.2) is 62.7 Å². The summed E-state index contributed by atoms with van der Waals surface area (Å²) in [6, 6.07) is 7.42. The minimum Gasteiger partial charge on any atom is -0.444 e. The lowest BCUT2D eigenvalue weighted by molar-refractivity contribution is 0.0528. The largest absolute Gasteiger partial charge is 0.444 e. The van der Waals surface area contributed by atoms with E-state index in [0.717, 1.165) is 5.56 Å². The van der Waals surface area contributed by atoms with Crippen LogP contribution < -0.4 is 16.0 Å². The van der Waals surface area contributed by atoms with E-state index >= 15 is 0 Å². The summed E-state index contributed by atoms with van der Waals surface area (Å²) in [6.07, 6.45) is -0.445. The van der Waals surface area contributed by atoms with Crippen LogP contribution in [0.2, 0.25) is 0 Å². The fourth-order valence-electron chi connectivity index (χ4n) is 2.09. The van der Waals surface area contributed by atoms with Gasteiger partial charge in [-0.05, 0) is 38.5 Å². The highest BCUT2D eigenvalue weighted by Gasteiger charge is 2.15. The summed E-state index contributed by atoms with van der Waals surface area (Å²) < 4.78 is 5.17. The number of hydrogen-bond donors (Lipinski definition) is 3. The molecule has 27 heavy (non-hydrogen) atoms. The Kier molecular flexibility index (Phi) is 8.58. The van der Waals surface area contributed by atoms with Crippen molar-refractivity contribution < 1.29 is 14.3 Å². The van der Waals surface area contributed by atoms with Crippen molar-refractivity contribution in [3.63, 3.8) is 0 Å². The third-order valence-electron chi connectivity index (χ3n) is 3.38. The first kappa shape index (κ1) is 22.3. The van der Waals surface area contributed by atoms with Crippen LogP contribution in [0.25, 0.3) is 0 Å². The van der Waals surface area contributed by atoms with Gasteiger partial charge < -0.3 is 25.6 Å². The molecule has 8 nitrogen and oxygen atoms in total. The van der Waals surface area contributed by atoms with Crippen molar-refractivity contribution in [2.24, 2.45) is 4.99 Å². The van der Waals surface area contributed by atoms with E-state index in [2.05, 4.69) is 20.9 Å². The molecule has 1 aromatic carbocycles. The summed E-state index contributed by atoms with van der Waals surface area (Å²) in [6.45, 7) is 6.94. The number of benzene rings is 1. The third-order valence-corrected chi connectivity index (χ3v) is 3.38. The Bertz CT molecular complexity index is 648. The van der Waals surface area contributed by atoms with Gasteiger partial charge in [0.05, 0.1) is 0 Å². The fraction of sp³-hybridized carbons (Fsp3) is 0.526. The molecule has 0 aliphatic rings. The molecule has 2 amide bonds. The van der Waals surface area contributed by atoms with E-state index in [-0.39, 0.29) is 5.91 Å². The van der Waals surface area contributed by atoms with Crippen molar-refractivity contribution in [1.29, 1.82) is 0 Å². The summed E-state index contributed by atoms with van der Waals surface area (Å²) in [5, 5.41) is 8.97. The highest BCUT2D eigenvalue weighted by Crippen LogP contribution is 2.07. The first-order valence-electron chi connectivity index (χ1n) is 8.84. The zero-order valence-electron chi connectivity index (χ0n) is 17.0. The molecule has 0 radical (unpaired) electrons. The van der Waals surface area contributed by atoms with E-state index in [4.69, 9.17) is 4.74 Å². The molecule has 0 aliphatic heterocycles. The summed E-state index contributed by atoms with van der Waals surface area (Å²) in [5.41, 5.74) is 1.17. The van der Waals surface area contributed by atoms with Gasteiger partial charge in [-0.3, -0.25) is 9.79 Å². The zero-order valence-corrected chi connectivity index (χ0v) is 17.0. The second kappa shape index (κ2) is 10.4. The molecular formula is C19H31N5O3. The number of carbonyl (C=O) groups excluding carboxylic acids is 2. The van der Waals surface area contributed by atoms with Crippen molar-refractivity contribution in [2.75, 3.05) is 34.2 Å². The van der Waals surface area contributed by atoms with Crippen LogP contribution in [0.5, 0.6) is 0 Å². The van der Waals surface area contributed by atoms with Crippen molar-refractivity contribution >= 4 is 18.0 Å². The second-order valence-electron chi connectivity index (χ2n) is 7.18. The maximum Gasteiger partial charge on any atom is 0.407 e. The van der Waals surface area contributed by atoms with Gasteiger partial charge in [0.15, 0.2) is 5.96 Å². The third kappa shape index (κ3) is 8.94. The minimum atomic E-state index is -0.512. The number of ether oxygens (including phenoxy) is 1. The van der Waals surface area contributed by atoms with Gasteiger partial charge in [-0.15, -0.1) is 0 Å². The van der Waals surface area contributed by atoms with Gasteiger partial charge in [0, 0.05) is 46.3 Å². The molecule has 0 saturated carbocycles. The van der Waals surface area contributed by atoms with Crippen molar-refractivity contribution in [1.82, 2.24) is 20.9 Å². The summed E-state index contributed by atoms with van der Waals surface area (Å²) in [4.78, 5) is 29.1. The molecule has 0 heterocycles. The molecule has 0 fully saturated rings. The lowest BCUT2D eigenvalue weighted by Gasteiger charge is -2.20. The van der Waals surface area contributed by atoms with E-state index in [1.54, 1.807) is 38.2 Å². The summed E-state index contributed by atoms with van der Waals surface area (Å²) in [5.74, 6) is 0.596. The predicted octanol–water partition coefficient (Wildman–Crippen LogP) is 1.58. The number of aliphatic imine (C=N–C) groups is 1. The lowest BCUT2D eigenvalue weighted by atomic mass is 10.1. The predicted molar refractivity (Wildman–Crippen MR) is 107 cm³/mol. The highest BCUT2D eigenvalue weighted by molar-refractivity contribution is 5.93. The van der Waals surface area contributed by atoms with Crippen LogP contribution in [-0.2, 0) is 11.3 Å². The molecular weight excluding hydrogens is 346 g/mol. The molecule has 0 bridgehead atoms. The maximum atomic E-state index is 11.9. The zero-order chi connectivity index (χ0) is 20.4. The van der Waals surface area contributed by atoms with Gasteiger partial charge in [0.25, 0.3) is 5.91 Å². The van der Waals surface area contributed by atoms with Crippen LogP contribution in [0.15, 0.2) is 29.3 Å². The fourth-order valence-corrected chi connectivity index (χ4v) is 2.09. The molecule has 0 aromatic heterocycles. The number of amides is 2. The SMILES string of the molecule is CN=C(NCCNC(=O)OC(C)(C)C)NCc1ccc(C(=O)N(C)C)cc1. The van der Waals surface area contributed by atoms with E-state index in [0.29, 0.717) is 31.2 Å². The molecule has 0 saturated heterocycles. The topological polar surface area (TPSA) is 95.1 Å². The van der Waals surface area contributed by atoms with Gasteiger partial charge >= 0.3 is 6.09 Å². The number of carbonyl (C=O) groups is 2. The Hall–Kier alpha value is -2.77. The van der Waals surface area contributed by atoms with Gasteiger partial charge in [-0.25, -0.2) is 4.79 Å². The Labute approximate surface area is 161 Å². The number of alkyl carbamates (subject to hydrolysis) is 1. The quantitative estimate of drug-likeness (QED) is 0.397. The Morgan fingerprint density at radius 1 is 1.04 bits per heavy atom. The van der Waals surface area contributed by atoms with Crippen LogP contribution in [0.3, 0.4) is 0 Å². The van der Waals surface area contributed by atoms with Crippen molar-refractivity contribution in [3.8, 4) is 0 Å². The van der Waals surface area contributed by atoms with Gasteiger partial charge in [0.2, 0.25) is 0 Å². The van der Waals surface area contributed by atoms with Crippen molar-refractivity contribution in [3.05, 3.63) is 35.4 Å². The smallest absolute Gasteiger partial charge is 0.407 e. The molecule has 3 N–H and O–H groups in total. The standard InChI is InChI=1S/C19H31N5O3/c1-19(2,3)27-18(26)22-12-11-21-17(20-4)23-13-14-7-9-15(10-8-14)16(25)24(5)6/h7-10H,11-13H2,1-6H3,(H,22,26)(H2,20,21,23). The lowest BCUT2D eigenvalue weighted by Crippen LogP contribution is -2.42. The molecule has 1 aromatic rings. The van der Waals surface area contributed by atoms with E-state index in [9.17, 15) is 9.59 Å². The summed E-state index contributed by atoms with van der Waals surface area (Å²) >= 11 is 0. The number of hydrogen-bond acceptors (Lipinski definition) is 4. The number of rotatable bonds is 6. The number of nitrogens with one attached hydrogen (secondary N) is 3. The molecule has 0 aliphatic carbocycles. The Balaban J connectivity index is 2.36. The van der Waals surface area contributed by atoms with Gasteiger partial charge in [-0.2, -0.15) is 0 Å². The number of guanidine groups is 1. The van der Waals surface area contributed by atoms with Gasteiger partial charge in [0.1, 0.15) is 5.60 Å². The molecule has 8 heteroatoms. The van der Waals surface area contributed by atoms with E-state index in [1.165, 1.54) is 0 Å². The van der Waals surface area contributed by atoms with Crippen LogP contribution in [0, 0.1) is 0 Å². The van der Waals surface area contributed by atoms with Gasteiger partial charge in [-0.1, -0.05) is 12.1 Å².